The van der Waals surface area contributed by atoms with Gasteiger partial charge in [-0.2, -0.15) is 0 Å². The van der Waals surface area contributed by atoms with Crippen LogP contribution >= 0.6 is 27.5 Å². The molecule has 1 aromatic heterocycles. The van der Waals surface area contributed by atoms with Gasteiger partial charge in [0.1, 0.15) is 0 Å². The molecule has 0 atom stereocenters. The average Bonchev–Trinajstić information content (AvgIpc) is 2.86. The fourth-order valence-electron chi connectivity index (χ4n) is 1.62. The lowest BCUT2D eigenvalue weighted by Gasteiger charge is -2.07. The van der Waals surface area contributed by atoms with Gasteiger partial charge < -0.3 is 5.32 Å². The van der Waals surface area contributed by atoms with Gasteiger partial charge in [-0.3, -0.25) is 4.68 Å². The number of hydrogen-bond donors (Lipinski definition) is 1. The number of nitrogens with one attached hydrogen (secondary N) is 1. The molecule has 1 N–H and O–H groups in total. The normalized spacial score (nSPS) is 10.8. The standard InChI is InChI=1S/C12H14BrClN4/c13-12-3-2-11(14)8-10(12)9-15-4-1-6-18-7-5-16-17-18/h2-3,5,7-8,15H,1,4,6,9H2. The van der Waals surface area contributed by atoms with Crippen LogP contribution in [0.2, 0.25) is 5.02 Å². The second kappa shape index (κ2) is 6.87. The molecule has 0 aliphatic carbocycles. The highest BCUT2D eigenvalue weighted by Gasteiger charge is 2.00. The van der Waals surface area contributed by atoms with Gasteiger partial charge in [0.05, 0.1) is 6.20 Å². The van der Waals surface area contributed by atoms with Gasteiger partial charge >= 0.3 is 0 Å². The topological polar surface area (TPSA) is 42.7 Å². The third-order valence-corrected chi connectivity index (χ3v) is 3.54. The van der Waals surface area contributed by atoms with Crippen molar-refractivity contribution < 1.29 is 0 Å². The van der Waals surface area contributed by atoms with E-state index < -0.39 is 0 Å². The molecule has 4 nitrogen and oxygen atoms in total. The maximum Gasteiger partial charge on any atom is 0.0692 e. The van der Waals surface area contributed by atoms with Gasteiger partial charge in [-0.05, 0) is 36.7 Å². The van der Waals surface area contributed by atoms with Crippen molar-refractivity contribution in [2.24, 2.45) is 0 Å². The Morgan fingerprint density at radius 1 is 1.39 bits per heavy atom. The lowest BCUT2D eigenvalue weighted by Crippen LogP contribution is -2.17. The Morgan fingerprint density at radius 2 is 2.28 bits per heavy atom. The molecule has 0 radical (unpaired) electrons. The van der Waals surface area contributed by atoms with Crippen molar-refractivity contribution in [3.8, 4) is 0 Å². The number of aromatic nitrogens is 3. The Hall–Kier alpha value is -0.910. The molecule has 2 rings (SSSR count). The number of hydrogen-bond acceptors (Lipinski definition) is 3. The van der Waals surface area contributed by atoms with Gasteiger partial charge in [0.2, 0.25) is 0 Å². The first-order valence-corrected chi connectivity index (χ1v) is 6.91. The Bertz CT molecular complexity index is 487. The molecule has 0 aliphatic rings. The van der Waals surface area contributed by atoms with Crippen molar-refractivity contribution in [2.75, 3.05) is 6.54 Å². The van der Waals surface area contributed by atoms with Crippen molar-refractivity contribution >= 4 is 27.5 Å². The van der Waals surface area contributed by atoms with E-state index in [1.807, 2.05) is 29.1 Å². The predicted octanol–water partition coefficient (Wildman–Crippen LogP) is 2.87. The molecule has 1 heterocycles. The van der Waals surface area contributed by atoms with Crippen LogP contribution in [0.4, 0.5) is 0 Å². The molecule has 0 bridgehead atoms. The summed E-state index contributed by atoms with van der Waals surface area (Å²) < 4.78 is 2.91. The second-order valence-electron chi connectivity index (χ2n) is 3.93. The Labute approximate surface area is 119 Å². The molecule has 0 unspecified atom stereocenters. The predicted molar refractivity (Wildman–Crippen MR) is 75.5 cm³/mol. The largest absolute Gasteiger partial charge is 0.313 e. The SMILES string of the molecule is Clc1ccc(Br)c(CNCCCn2ccnn2)c1. The van der Waals surface area contributed by atoms with Gasteiger partial charge in [0.25, 0.3) is 0 Å². The molecule has 96 valence electrons. The monoisotopic (exact) mass is 328 g/mol. The number of halogens is 2. The molecule has 2 aromatic rings. The van der Waals surface area contributed by atoms with E-state index in [9.17, 15) is 0 Å². The maximum atomic E-state index is 5.96. The number of benzene rings is 1. The fraction of sp³-hybridized carbons (Fsp3) is 0.333. The summed E-state index contributed by atoms with van der Waals surface area (Å²) in [6, 6.07) is 5.81. The smallest absolute Gasteiger partial charge is 0.0692 e. The van der Waals surface area contributed by atoms with Gasteiger partial charge in [-0.1, -0.05) is 32.7 Å². The Morgan fingerprint density at radius 3 is 3.06 bits per heavy atom. The molecule has 0 saturated heterocycles. The highest BCUT2D eigenvalue weighted by Crippen LogP contribution is 2.20. The Balaban J connectivity index is 1.70. The van der Waals surface area contributed by atoms with Crippen LogP contribution in [-0.2, 0) is 13.1 Å². The van der Waals surface area contributed by atoms with Gasteiger partial charge in [-0.25, -0.2) is 0 Å². The van der Waals surface area contributed by atoms with E-state index in [4.69, 9.17) is 11.6 Å². The van der Waals surface area contributed by atoms with E-state index in [1.54, 1.807) is 6.20 Å². The van der Waals surface area contributed by atoms with Crippen molar-refractivity contribution in [1.82, 2.24) is 20.3 Å². The summed E-state index contributed by atoms with van der Waals surface area (Å²) >= 11 is 9.47. The van der Waals surface area contributed by atoms with Crippen LogP contribution in [0.3, 0.4) is 0 Å². The first-order valence-electron chi connectivity index (χ1n) is 5.74. The van der Waals surface area contributed by atoms with Crippen LogP contribution in [0.25, 0.3) is 0 Å². The van der Waals surface area contributed by atoms with E-state index in [1.165, 1.54) is 5.56 Å². The summed E-state index contributed by atoms with van der Waals surface area (Å²) in [6.45, 7) is 2.61. The van der Waals surface area contributed by atoms with Crippen LogP contribution in [0.5, 0.6) is 0 Å². The lowest BCUT2D eigenvalue weighted by molar-refractivity contribution is 0.530. The van der Waals surface area contributed by atoms with E-state index >= 15 is 0 Å². The van der Waals surface area contributed by atoms with Crippen LogP contribution in [0, 0.1) is 0 Å². The number of aryl methyl sites for hydroxylation is 1. The maximum absolute atomic E-state index is 5.96. The van der Waals surface area contributed by atoms with E-state index in [0.29, 0.717) is 0 Å². The molecule has 0 spiro atoms. The minimum absolute atomic E-state index is 0.762. The van der Waals surface area contributed by atoms with Crippen molar-refractivity contribution in [3.63, 3.8) is 0 Å². The van der Waals surface area contributed by atoms with Crippen LogP contribution in [0.15, 0.2) is 35.1 Å². The summed E-state index contributed by atoms with van der Waals surface area (Å²) in [7, 11) is 0. The fourth-order valence-corrected chi connectivity index (χ4v) is 2.20. The van der Waals surface area contributed by atoms with E-state index in [-0.39, 0.29) is 0 Å². The number of rotatable bonds is 6. The van der Waals surface area contributed by atoms with Crippen LogP contribution < -0.4 is 5.32 Å². The summed E-state index contributed by atoms with van der Waals surface area (Å²) in [5, 5.41) is 11.8. The van der Waals surface area contributed by atoms with Crippen molar-refractivity contribution in [3.05, 3.63) is 45.7 Å². The molecule has 0 amide bonds. The first-order chi connectivity index (χ1) is 8.75. The molecule has 1 aromatic carbocycles. The third kappa shape index (κ3) is 4.08. The van der Waals surface area contributed by atoms with Crippen LogP contribution in [-0.4, -0.2) is 21.5 Å². The van der Waals surface area contributed by atoms with Gasteiger partial charge in [0.15, 0.2) is 0 Å². The minimum Gasteiger partial charge on any atom is -0.313 e. The minimum atomic E-state index is 0.762. The van der Waals surface area contributed by atoms with Gasteiger partial charge in [-0.15, -0.1) is 5.10 Å². The highest BCUT2D eigenvalue weighted by atomic mass is 79.9. The average molecular weight is 330 g/mol. The summed E-state index contributed by atoms with van der Waals surface area (Å²) in [5.74, 6) is 0. The zero-order valence-electron chi connectivity index (χ0n) is 9.81. The molecule has 0 fully saturated rings. The van der Waals surface area contributed by atoms with Crippen molar-refractivity contribution in [1.29, 1.82) is 0 Å². The molecule has 6 heteroatoms. The summed E-state index contributed by atoms with van der Waals surface area (Å²) in [5.41, 5.74) is 1.17. The lowest BCUT2D eigenvalue weighted by atomic mass is 10.2. The molecule has 0 aliphatic heterocycles. The van der Waals surface area contributed by atoms with Crippen LogP contribution in [0.1, 0.15) is 12.0 Å². The molecular weight excluding hydrogens is 316 g/mol. The number of nitrogens with zero attached hydrogens (tertiary/aromatic N) is 3. The highest BCUT2D eigenvalue weighted by molar-refractivity contribution is 9.10. The zero-order valence-corrected chi connectivity index (χ0v) is 12.2. The first kappa shape index (κ1) is 13.5. The summed E-state index contributed by atoms with van der Waals surface area (Å²) in [4.78, 5) is 0. The zero-order chi connectivity index (χ0) is 12.8. The molecular formula is C12H14BrClN4. The third-order valence-electron chi connectivity index (χ3n) is 2.54. The second-order valence-corrected chi connectivity index (χ2v) is 5.22. The van der Waals surface area contributed by atoms with Gasteiger partial charge in [0, 0.05) is 28.8 Å². The molecule has 18 heavy (non-hydrogen) atoms. The molecule has 0 saturated carbocycles. The van der Waals surface area contributed by atoms with Crippen molar-refractivity contribution in [2.45, 2.75) is 19.5 Å². The summed E-state index contributed by atoms with van der Waals surface area (Å²) in [6.07, 6.45) is 4.58. The quantitative estimate of drug-likeness (QED) is 0.829. The Kier molecular flexibility index (Phi) is 5.16. The van der Waals surface area contributed by atoms with E-state index in [0.717, 1.165) is 35.6 Å². The van der Waals surface area contributed by atoms with E-state index in [2.05, 4.69) is 31.6 Å².